The van der Waals surface area contributed by atoms with Crippen LogP contribution in [0.1, 0.15) is 31.2 Å². The van der Waals surface area contributed by atoms with E-state index in [1.807, 2.05) is 13.1 Å². The molecule has 16 heavy (non-hydrogen) atoms. The summed E-state index contributed by atoms with van der Waals surface area (Å²) in [6.45, 7) is 4.93. The Balaban J connectivity index is 2.17. The molecular formula is C11H16N2O2S. The minimum atomic E-state index is -0.707. The molecule has 1 fully saturated rings. The first-order valence-corrected chi connectivity index (χ1v) is 6.36. The van der Waals surface area contributed by atoms with Crippen LogP contribution in [0.15, 0.2) is 11.7 Å². The van der Waals surface area contributed by atoms with E-state index >= 15 is 0 Å². The Hall–Kier alpha value is -0.940. The fraction of sp³-hybridized carbons (Fsp3) is 0.636. The van der Waals surface area contributed by atoms with Crippen molar-refractivity contribution in [2.24, 2.45) is 5.92 Å². The maximum Gasteiger partial charge on any atom is 0.321 e. The summed E-state index contributed by atoms with van der Waals surface area (Å²) in [4.78, 5) is 18.5. The molecule has 88 valence electrons. The maximum absolute atomic E-state index is 11.2. The van der Waals surface area contributed by atoms with E-state index in [1.165, 1.54) is 0 Å². The number of carboxylic acids is 1. The van der Waals surface area contributed by atoms with Gasteiger partial charge in [0.1, 0.15) is 6.04 Å². The van der Waals surface area contributed by atoms with Crippen molar-refractivity contribution in [3.8, 4) is 0 Å². The number of carbonyl (C=O) groups is 1. The number of likely N-dealkylation sites (tertiary alicyclic amines) is 1. The number of thiazole rings is 1. The Bertz CT molecular complexity index is 366. The number of hydrogen-bond acceptors (Lipinski definition) is 4. The summed E-state index contributed by atoms with van der Waals surface area (Å²) in [5.41, 5.74) is 1.79. The molecule has 0 spiro atoms. The zero-order valence-electron chi connectivity index (χ0n) is 9.46. The lowest BCUT2D eigenvalue weighted by molar-refractivity contribution is -0.144. The van der Waals surface area contributed by atoms with Gasteiger partial charge in [-0.2, -0.15) is 0 Å². The molecule has 3 unspecified atom stereocenters. The number of carboxylic acid groups (broad SMARTS) is 1. The van der Waals surface area contributed by atoms with E-state index in [4.69, 9.17) is 0 Å². The van der Waals surface area contributed by atoms with Crippen LogP contribution in [-0.2, 0) is 4.79 Å². The van der Waals surface area contributed by atoms with Crippen LogP contribution in [-0.4, -0.2) is 33.5 Å². The molecule has 5 heteroatoms. The van der Waals surface area contributed by atoms with Crippen molar-refractivity contribution >= 4 is 17.3 Å². The van der Waals surface area contributed by atoms with Crippen LogP contribution < -0.4 is 0 Å². The summed E-state index contributed by atoms with van der Waals surface area (Å²) in [6, 6.07) is -0.198. The number of aromatic nitrogens is 1. The summed E-state index contributed by atoms with van der Waals surface area (Å²) in [5, 5.41) is 9.25. The Kier molecular flexibility index (Phi) is 3.25. The van der Waals surface area contributed by atoms with E-state index in [1.54, 1.807) is 16.8 Å². The van der Waals surface area contributed by atoms with Crippen molar-refractivity contribution in [1.29, 1.82) is 0 Å². The summed E-state index contributed by atoms with van der Waals surface area (Å²) >= 11 is 1.59. The number of rotatable bonds is 3. The van der Waals surface area contributed by atoms with Crippen LogP contribution in [0.4, 0.5) is 0 Å². The van der Waals surface area contributed by atoms with Gasteiger partial charge in [-0.25, -0.2) is 0 Å². The van der Waals surface area contributed by atoms with E-state index in [0.717, 1.165) is 17.8 Å². The van der Waals surface area contributed by atoms with Crippen LogP contribution in [0.2, 0.25) is 0 Å². The first-order chi connectivity index (χ1) is 7.61. The Morgan fingerprint density at radius 2 is 2.50 bits per heavy atom. The van der Waals surface area contributed by atoms with Crippen molar-refractivity contribution in [3.63, 3.8) is 0 Å². The van der Waals surface area contributed by atoms with Crippen molar-refractivity contribution in [3.05, 3.63) is 16.6 Å². The minimum absolute atomic E-state index is 0.151. The van der Waals surface area contributed by atoms with Crippen molar-refractivity contribution < 1.29 is 9.90 Å². The SMILES string of the molecule is CC1CCN(C(C)c2cncs2)C1C(=O)O. The molecule has 0 amide bonds. The molecule has 0 aromatic carbocycles. The lowest BCUT2D eigenvalue weighted by Crippen LogP contribution is -2.40. The van der Waals surface area contributed by atoms with Crippen molar-refractivity contribution in [1.82, 2.24) is 9.88 Å². The van der Waals surface area contributed by atoms with Crippen molar-refractivity contribution in [2.45, 2.75) is 32.4 Å². The molecular weight excluding hydrogens is 224 g/mol. The maximum atomic E-state index is 11.2. The van der Waals surface area contributed by atoms with Gasteiger partial charge >= 0.3 is 5.97 Å². The molecule has 1 saturated heterocycles. The van der Waals surface area contributed by atoms with Gasteiger partial charge in [-0.1, -0.05) is 6.92 Å². The van der Waals surface area contributed by atoms with Gasteiger partial charge in [-0.3, -0.25) is 14.7 Å². The largest absolute Gasteiger partial charge is 0.480 e. The van der Waals surface area contributed by atoms with Gasteiger partial charge in [-0.05, 0) is 25.8 Å². The third-order valence-corrected chi connectivity index (χ3v) is 4.30. The van der Waals surface area contributed by atoms with Gasteiger partial charge in [0, 0.05) is 17.1 Å². The number of aliphatic carboxylic acids is 1. The molecule has 1 aliphatic heterocycles. The summed E-state index contributed by atoms with van der Waals surface area (Å²) in [5.74, 6) is -0.478. The molecule has 0 saturated carbocycles. The molecule has 4 nitrogen and oxygen atoms in total. The lowest BCUT2D eigenvalue weighted by atomic mass is 10.0. The van der Waals surface area contributed by atoms with E-state index in [2.05, 4.69) is 16.8 Å². The zero-order chi connectivity index (χ0) is 11.7. The quantitative estimate of drug-likeness (QED) is 0.878. The molecule has 1 aromatic heterocycles. The zero-order valence-corrected chi connectivity index (χ0v) is 10.3. The Morgan fingerprint density at radius 1 is 1.75 bits per heavy atom. The third kappa shape index (κ3) is 1.97. The van der Waals surface area contributed by atoms with Gasteiger partial charge in [0.2, 0.25) is 0 Å². The van der Waals surface area contributed by atoms with Gasteiger partial charge in [0.05, 0.1) is 5.51 Å². The highest BCUT2D eigenvalue weighted by molar-refractivity contribution is 7.09. The van der Waals surface area contributed by atoms with Crippen LogP contribution in [0.25, 0.3) is 0 Å². The lowest BCUT2D eigenvalue weighted by Gasteiger charge is -2.28. The second-order valence-corrected chi connectivity index (χ2v) is 5.28. The standard InChI is InChI=1S/C11H16N2O2S/c1-7-3-4-13(10(7)11(14)15)8(2)9-5-12-6-16-9/h5-8,10H,3-4H2,1-2H3,(H,14,15). The monoisotopic (exact) mass is 240 g/mol. The van der Waals surface area contributed by atoms with Crippen LogP contribution in [0.5, 0.6) is 0 Å². The second-order valence-electron chi connectivity index (χ2n) is 4.37. The highest BCUT2D eigenvalue weighted by atomic mass is 32.1. The molecule has 1 aromatic rings. The summed E-state index contributed by atoms with van der Waals surface area (Å²) < 4.78 is 0. The minimum Gasteiger partial charge on any atom is -0.480 e. The average Bonchev–Trinajstić information content (AvgIpc) is 2.84. The normalized spacial score (nSPS) is 28.1. The molecule has 0 aliphatic carbocycles. The molecule has 0 bridgehead atoms. The Morgan fingerprint density at radius 3 is 3.06 bits per heavy atom. The smallest absolute Gasteiger partial charge is 0.321 e. The van der Waals surface area contributed by atoms with Crippen LogP contribution >= 0.6 is 11.3 Å². The number of hydrogen-bond donors (Lipinski definition) is 1. The fourth-order valence-electron chi connectivity index (χ4n) is 2.39. The van der Waals surface area contributed by atoms with Crippen molar-refractivity contribution in [2.75, 3.05) is 6.54 Å². The van der Waals surface area contributed by atoms with Crippen LogP contribution in [0, 0.1) is 5.92 Å². The first-order valence-electron chi connectivity index (χ1n) is 5.48. The van der Waals surface area contributed by atoms with Gasteiger partial charge < -0.3 is 5.11 Å². The van der Waals surface area contributed by atoms with Gasteiger partial charge in [-0.15, -0.1) is 11.3 Å². The second kappa shape index (κ2) is 4.51. The molecule has 1 N–H and O–H groups in total. The summed E-state index contributed by atoms with van der Waals surface area (Å²) in [6.07, 6.45) is 2.79. The van der Waals surface area contributed by atoms with E-state index < -0.39 is 5.97 Å². The average molecular weight is 240 g/mol. The Labute approximate surface area is 98.9 Å². The highest BCUT2D eigenvalue weighted by Crippen LogP contribution is 2.33. The predicted molar refractivity (Wildman–Crippen MR) is 62.4 cm³/mol. The van der Waals surface area contributed by atoms with E-state index in [9.17, 15) is 9.90 Å². The topological polar surface area (TPSA) is 53.4 Å². The van der Waals surface area contributed by atoms with Gasteiger partial charge in [0.25, 0.3) is 0 Å². The molecule has 0 radical (unpaired) electrons. The molecule has 2 rings (SSSR count). The summed E-state index contributed by atoms with van der Waals surface area (Å²) in [7, 11) is 0. The molecule has 3 atom stereocenters. The number of nitrogens with zero attached hydrogens (tertiary/aromatic N) is 2. The van der Waals surface area contributed by atoms with Gasteiger partial charge in [0.15, 0.2) is 0 Å². The predicted octanol–water partition coefficient (Wildman–Crippen LogP) is 2.00. The fourth-order valence-corrected chi connectivity index (χ4v) is 3.09. The highest BCUT2D eigenvalue weighted by Gasteiger charge is 2.39. The molecule has 1 aliphatic rings. The molecule has 2 heterocycles. The van der Waals surface area contributed by atoms with Crippen LogP contribution in [0.3, 0.4) is 0 Å². The van der Waals surface area contributed by atoms with E-state index in [0.29, 0.717) is 0 Å². The first kappa shape index (κ1) is 11.5. The third-order valence-electron chi connectivity index (χ3n) is 3.35. The van der Waals surface area contributed by atoms with E-state index in [-0.39, 0.29) is 18.0 Å².